The van der Waals surface area contributed by atoms with Gasteiger partial charge in [-0.3, -0.25) is 9.20 Å². The van der Waals surface area contributed by atoms with Gasteiger partial charge in [-0.2, -0.15) is 0 Å². The van der Waals surface area contributed by atoms with Crippen molar-refractivity contribution in [2.24, 2.45) is 11.7 Å². The summed E-state index contributed by atoms with van der Waals surface area (Å²) in [7, 11) is -3.53. The van der Waals surface area contributed by atoms with E-state index in [1.807, 2.05) is 0 Å². The summed E-state index contributed by atoms with van der Waals surface area (Å²) in [5, 5.41) is 2.73. The molecule has 23 heavy (non-hydrogen) atoms. The van der Waals surface area contributed by atoms with Crippen LogP contribution in [0.25, 0.3) is 5.52 Å². The molecule has 0 aliphatic heterocycles. The molecule has 9 heteroatoms. The molecule has 1 aliphatic rings. The Morgan fingerprint density at radius 3 is 2.74 bits per heavy atom. The molecule has 1 atom stereocenters. The molecule has 2 heterocycles. The summed E-state index contributed by atoms with van der Waals surface area (Å²) in [6.07, 6.45) is 4.77. The highest BCUT2D eigenvalue weighted by Gasteiger charge is 2.32. The summed E-state index contributed by atoms with van der Waals surface area (Å²) in [4.78, 5) is 16.5. The van der Waals surface area contributed by atoms with Gasteiger partial charge >= 0.3 is 0 Å². The quantitative estimate of drug-likeness (QED) is 0.815. The zero-order valence-corrected chi connectivity index (χ0v) is 14.2. The number of carbonyl (C=O) groups excluding carboxylic acids is 1. The van der Waals surface area contributed by atoms with Crippen molar-refractivity contribution < 1.29 is 13.2 Å². The molecule has 0 bridgehead atoms. The fraction of sp³-hybridized carbons (Fsp3) is 0.429. The summed E-state index contributed by atoms with van der Waals surface area (Å²) in [6.45, 7) is 0.362. The number of hydrogen-bond acceptors (Lipinski definition) is 5. The molecule has 0 radical (unpaired) electrons. The van der Waals surface area contributed by atoms with Crippen LogP contribution >= 0.6 is 12.4 Å². The van der Waals surface area contributed by atoms with Crippen molar-refractivity contribution in [3.63, 3.8) is 0 Å². The molecule has 1 fully saturated rings. The molecule has 3 N–H and O–H groups in total. The number of imidazole rings is 1. The Kier molecular flexibility index (Phi) is 4.98. The molecule has 7 nitrogen and oxygen atoms in total. The Morgan fingerprint density at radius 2 is 2.17 bits per heavy atom. The first-order valence-corrected chi connectivity index (χ1v) is 8.99. The fourth-order valence-electron chi connectivity index (χ4n) is 2.54. The minimum Gasteiger partial charge on any atom is -0.346 e. The largest absolute Gasteiger partial charge is 0.346 e. The number of hydrogen-bond donors (Lipinski definition) is 2. The Balaban J connectivity index is 0.00000192. The predicted octanol–water partition coefficient (Wildman–Crippen LogP) is 0.627. The smallest absolute Gasteiger partial charge is 0.272 e. The summed E-state index contributed by atoms with van der Waals surface area (Å²) >= 11 is 0. The Bertz CT molecular complexity index is 830. The van der Waals surface area contributed by atoms with Gasteiger partial charge in [-0.1, -0.05) is 6.07 Å². The molecule has 3 rings (SSSR count). The highest BCUT2D eigenvalue weighted by atomic mass is 35.5. The summed E-state index contributed by atoms with van der Waals surface area (Å²) in [5.41, 5.74) is 6.27. The van der Waals surface area contributed by atoms with E-state index in [0.29, 0.717) is 18.0 Å². The van der Waals surface area contributed by atoms with E-state index in [1.165, 1.54) is 4.40 Å². The zero-order valence-electron chi connectivity index (χ0n) is 12.6. The zero-order chi connectivity index (χ0) is 15.9. The van der Waals surface area contributed by atoms with E-state index in [-0.39, 0.29) is 35.2 Å². The maximum absolute atomic E-state index is 12.5. The van der Waals surface area contributed by atoms with Crippen molar-refractivity contribution in [1.29, 1.82) is 0 Å². The number of fused-ring (bicyclic) bond motifs is 1. The summed E-state index contributed by atoms with van der Waals surface area (Å²) in [5.74, 6) is 0.0261. The number of carbonyl (C=O) groups is 1. The Labute approximate surface area is 140 Å². The SMILES string of the molecule is CS(=O)(=O)c1nc(C(=O)NC(CN)C2CC2)c2ccccn12.Cl. The fourth-order valence-corrected chi connectivity index (χ4v) is 3.32. The Hall–Kier alpha value is -1.64. The lowest BCUT2D eigenvalue weighted by Crippen LogP contribution is -2.41. The number of rotatable bonds is 5. The molecule has 1 amide bonds. The monoisotopic (exact) mass is 358 g/mol. The van der Waals surface area contributed by atoms with Crippen LogP contribution in [-0.4, -0.2) is 42.6 Å². The summed E-state index contributed by atoms with van der Waals surface area (Å²) < 4.78 is 25.1. The van der Waals surface area contributed by atoms with E-state index in [2.05, 4.69) is 10.3 Å². The van der Waals surface area contributed by atoms with Gasteiger partial charge < -0.3 is 11.1 Å². The van der Waals surface area contributed by atoms with Gasteiger partial charge in [0.25, 0.3) is 5.91 Å². The van der Waals surface area contributed by atoms with Gasteiger partial charge in [0.2, 0.25) is 15.0 Å². The lowest BCUT2D eigenvalue weighted by Gasteiger charge is -2.15. The molecule has 1 saturated carbocycles. The topological polar surface area (TPSA) is 107 Å². The molecule has 1 aliphatic carbocycles. The van der Waals surface area contributed by atoms with Crippen LogP contribution in [0.1, 0.15) is 23.3 Å². The van der Waals surface area contributed by atoms with Gasteiger partial charge in [-0.15, -0.1) is 12.4 Å². The van der Waals surface area contributed by atoms with Crippen LogP contribution in [0, 0.1) is 5.92 Å². The van der Waals surface area contributed by atoms with Crippen molar-refractivity contribution in [1.82, 2.24) is 14.7 Å². The van der Waals surface area contributed by atoms with Gasteiger partial charge in [-0.25, -0.2) is 13.4 Å². The lowest BCUT2D eigenvalue weighted by molar-refractivity contribution is 0.0930. The third-order valence-corrected chi connectivity index (χ3v) is 4.78. The highest BCUT2D eigenvalue weighted by molar-refractivity contribution is 7.90. The van der Waals surface area contributed by atoms with E-state index >= 15 is 0 Å². The first kappa shape index (κ1) is 17.7. The number of pyridine rings is 1. The van der Waals surface area contributed by atoms with Crippen LogP contribution < -0.4 is 11.1 Å². The molecule has 0 spiro atoms. The molecule has 1 unspecified atom stereocenters. The van der Waals surface area contributed by atoms with Crippen molar-refractivity contribution in [2.75, 3.05) is 12.8 Å². The molecular weight excluding hydrogens is 340 g/mol. The van der Waals surface area contributed by atoms with E-state index < -0.39 is 9.84 Å². The molecule has 2 aromatic rings. The van der Waals surface area contributed by atoms with E-state index in [4.69, 9.17) is 5.73 Å². The molecular formula is C14H19ClN4O3S. The van der Waals surface area contributed by atoms with E-state index in [9.17, 15) is 13.2 Å². The van der Waals surface area contributed by atoms with Crippen molar-refractivity contribution in [2.45, 2.75) is 24.0 Å². The van der Waals surface area contributed by atoms with E-state index in [1.54, 1.807) is 24.4 Å². The number of halogens is 1. The minimum atomic E-state index is -3.53. The van der Waals surface area contributed by atoms with Gasteiger partial charge in [0.1, 0.15) is 0 Å². The number of sulfone groups is 1. The average Bonchev–Trinajstić information content (AvgIpc) is 3.22. The number of nitrogens with one attached hydrogen (secondary N) is 1. The van der Waals surface area contributed by atoms with Crippen LogP contribution in [0.15, 0.2) is 29.6 Å². The Morgan fingerprint density at radius 1 is 1.48 bits per heavy atom. The predicted molar refractivity (Wildman–Crippen MR) is 88.6 cm³/mol. The second-order valence-corrected chi connectivity index (χ2v) is 7.53. The van der Waals surface area contributed by atoms with Gasteiger partial charge in [-0.05, 0) is 30.9 Å². The van der Waals surface area contributed by atoms with Crippen molar-refractivity contribution in [3.8, 4) is 0 Å². The average molecular weight is 359 g/mol. The summed E-state index contributed by atoms with van der Waals surface area (Å²) in [6, 6.07) is 5.01. The molecule has 0 saturated heterocycles. The van der Waals surface area contributed by atoms with Crippen LogP contribution in [-0.2, 0) is 9.84 Å². The number of nitrogens with two attached hydrogens (primary N) is 1. The minimum absolute atomic E-state index is 0. The second kappa shape index (κ2) is 6.46. The molecule has 2 aromatic heterocycles. The second-order valence-electron chi connectivity index (χ2n) is 5.62. The van der Waals surface area contributed by atoms with Gasteiger partial charge in [0.15, 0.2) is 5.69 Å². The number of nitrogens with zero attached hydrogens (tertiary/aromatic N) is 2. The third kappa shape index (κ3) is 3.49. The third-order valence-electron chi connectivity index (χ3n) is 3.82. The normalized spacial score (nSPS) is 15.9. The number of aromatic nitrogens is 2. The molecule has 126 valence electrons. The lowest BCUT2D eigenvalue weighted by atomic mass is 10.2. The highest BCUT2D eigenvalue weighted by Crippen LogP contribution is 2.32. The maximum Gasteiger partial charge on any atom is 0.272 e. The van der Waals surface area contributed by atoms with Crippen molar-refractivity contribution in [3.05, 3.63) is 30.1 Å². The van der Waals surface area contributed by atoms with Gasteiger partial charge in [0, 0.05) is 25.0 Å². The van der Waals surface area contributed by atoms with Gasteiger partial charge in [0.05, 0.1) is 5.52 Å². The van der Waals surface area contributed by atoms with Crippen LogP contribution in [0.5, 0.6) is 0 Å². The van der Waals surface area contributed by atoms with Crippen molar-refractivity contribution >= 4 is 33.7 Å². The van der Waals surface area contributed by atoms with Crippen LogP contribution in [0.4, 0.5) is 0 Å². The maximum atomic E-state index is 12.5. The standard InChI is InChI=1S/C14H18N4O3S.ClH/c1-22(20,21)14-17-12(11-4-2-3-7-18(11)14)13(19)16-10(8-15)9-5-6-9;/h2-4,7,9-10H,5-6,8,15H2,1H3,(H,16,19);1H. The number of amides is 1. The first-order chi connectivity index (χ1) is 10.4. The molecule has 0 aromatic carbocycles. The van der Waals surface area contributed by atoms with E-state index in [0.717, 1.165) is 19.1 Å². The van der Waals surface area contributed by atoms with Crippen LogP contribution in [0.3, 0.4) is 0 Å². The first-order valence-electron chi connectivity index (χ1n) is 7.10. The van der Waals surface area contributed by atoms with Crippen LogP contribution in [0.2, 0.25) is 0 Å².